The van der Waals surface area contributed by atoms with E-state index in [1.54, 1.807) is 0 Å². The summed E-state index contributed by atoms with van der Waals surface area (Å²) in [6.07, 6.45) is 0. The van der Waals surface area contributed by atoms with Crippen LogP contribution < -0.4 is 16.2 Å². The topological polar surface area (TPSA) is 115 Å². The molecule has 0 heterocycles. The minimum Gasteiger partial charge on any atom is -0.399 e. The highest BCUT2D eigenvalue weighted by molar-refractivity contribution is 7.92. The SMILES string of the molecule is NC(=O)c1ccccc1NS(=O)(=O)c1cc(N)ccc1F. The number of amides is 1. The van der Waals surface area contributed by atoms with E-state index in [1.807, 2.05) is 0 Å². The summed E-state index contributed by atoms with van der Waals surface area (Å²) in [4.78, 5) is 10.6. The molecule has 6 nitrogen and oxygen atoms in total. The molecule has 21 heavy (non-hydrogen) atoms. The van der Waals surface area contributed by atoms with Gasteiger partial charge in [-0.15, -0.1) is 0 Å². The first kappa shape index (κ1) is 14.8. The Hall–Kier alpha value is -2.61. The van der Waals surface area contributed by atoms with Crippen LogP contribution in [0.3, 0.4) is 0 Å². The maximum absolute atomic E-state index is 13.7. The molecule has 0 radical (unpaired) electrons. The Kier molecular flexibility index (Phi) is 3.81. The second-order valence-electron chi connectivity index (χ2n) is 4.21. The van der Waals surface area contributed by atoms with Crippen molar-refractivity contribution in [1.82, 2.24) is 0 Å². The molecule has 2 aromatic rings. The third-order valence-electron chi connectivity index (χ3n) is 2.68. The van der Waals surface area contributed by atoms with Gasteiger partial charge in [0.2, 0.25) is 0 Å². The van der Waals surface area contributed by atoms with Crippen molar-refractivity contribution in [1.29, 1.82) is 0 Å². The lowest BCUT2D eigenvalue weighted by Gasteiger charge is -2.11. The molecule has 0 atom stereocenters. The summed E-state index contributed by atoms with van der Waals surface area (Å²) in [6.45, 7) is 0. The Morgan fingerprint density at radius 2 is 1.81 bits per heavy atom. The molecule has 0 aliphatic heterocycles. The molecule has 2 aromatic carbocycles. The molecular formula is C13H12FN3O3S. The van der Waals surface area contributed by atoms with Crippen LogP contribution in [0.4, 0.5) is 15.8 Å². The van der Waals surface area contributed by atoms with Gasteiger partial charge in [0.15, 0.2) is 0 Å². The quantitative estimate of drug-likeness (QED) is 0.738. The van der Waals surface area contributed by atoms with Crippen LogP contribution in [0.5, 0.6) is 0 Å². The number of hydrogen-bond donors (Lipinski definition) is 3. The van der Waals surface area contributed by atoms with Crippen LogP contribution >= 0.6 is 0 Å². The summed E-state index contributed by atoms with van der Waals surface area (Å²) in [5.74, 6) is -1.75. The van der Waals surface area contributed by atoms with Crippen LogP contribution in [-0.4, -0.2) is 14.3 Å². The normalized spacial score (nSPS) is 11.1. The minimum atomic E-state index is -4.24. The average Bonchev–Trinajstić information content (AvgIpc) is 2.41. The van der Waals surface area contributed by atoms with Crippen LogP contribution in [-0.2, 0) is 10.0 Å². The smallest absolute Gasteiger partial charge is 0.264 e. The van der Waals surface area contributed by atoms with Crippen molar-refractivity contribution in [2.75, 3.05) is 10.5 Å². The molecule has 0 bridgehead atoms. The molecule has 0 aliphatic carbocycles. The maximum atomic E-state index is 13.7. The highest BCUT2D eigenvalue weighted by atomic mass is 32.2. The average molecular weight is 309 g/mol. The van der Waals surface area contributed by atoms with Crippen molar-refractivity contribution in [3.05, 3.63) is 53.8 Å². The summed E-state index contributed by atoms with van der Waals surface area (Å²) < 4.78 is 40.2. The Morgan fingerprint density at radius 1 is 1.14 bits per heavy atom. The summed E-state index contributed by atoms with van der Waals surface area (Å²) >= 11 is 0. The summed E-state index contributed by atoms with van der Waals surface area (Å²) in [7, 11) is -4.24. The Balaban J connectivity index is 2.48. The number of hydrogen-bond acceptors (Lipinski definition) is 4. The van der Waals surface area contributed by atoms with Crippen molar-refractivity contribution in [2.24, 2.45) is 5.73 Å². The molecule has 8 heteroatoms. The summed E-state index contributed by atoms with van der Waals surface area (Å²) in [5, 5.41) is 0. The van der Waals surface area contributed by atoms with Gasteiger partial charge in [-0.3, -0.25) is 9.52 Å². The van der Waals surface area contributed by atoms with E-state index in [4.69, 9.17) is 11.5 Å². The number of para-hydroxylation sites is 1. The van der Waals surface area contributed by atoms with Crippen molar-refractivity contribution >= 4 is 27.3 Å². The number of anilines is 2. The molecule has 1 amide bonds. The lowest BCUT2D eigenvalue weighted by molar-refractivity contribution is 0.100. The molecule has 0 aromatic heterocycles. The fourth-order valence-corrected chi connectivity index (χ4v) is 2.91. The molecule has 0 spiro atoms. The fraction of sp³-hybridized carbons (Fsp3) is 0. The van der Waals surface area contributed by atoms with Crippen molar-refractivity contribution in [2.45, 2.75) is 4.90 Å². The first-order chi connectivity index (χ1) is 9.81. The predicted molar refractivity (Wildman–Crippen MR) is 76.6 cm³/mol. The second kappa shape index (κ2) is 5.41. The van der Waals surface area contributed by atoms with Crippen LogP contribution in [0.1, 0.15) is 10.4 Å². The monoisotopic (exact) mass is 309 g/mol. The Labute approximate surface area is 120 Å². The van der Waals surface area contributed by atoms with Crippen LogP contribution in [0.2, 0.25) is 0 Å². The molecule has 0 saturated carbocycles. The number of nitrogens with two attached hydrogens (primary N) is 2. The largest absolute Gasteiger partial charge is 0.399 e. The number of primary amides is 1. The number of rotatable bonds is 4. The van der Waals surface area contributed by atoms with Crippen molar-refractivity contribution in [3.63, 3.8) is 0 Å². The van der Waals surface area contributed by atoms with Gasteiger partial charge in [0.1, 0.15) is 10.7 Å². The van der Waals surface area contributed by atoms with E-state index in [2.05, 4.69) is 4.72 Å². The van der Waals surface area contributed by atoms with Gasteiger partial charge >= 0.3 is 0 Å². The van der Waals surface area contributed by atoms with E-state index in [1.165, 1.54) is 30.3 Å². The second-order valence-corrected chi connectivity index (χ2v) is 5.86. The van der Waals surface area contributed by atoms with Gasteiger partial charge in [0.25, 0.3) is 15.9 Å². The van der Waals surface area contributed by atoms with Crippen molar-refractivity contribution in [3.8, 4) is 0 Å². The van der Waals surface area contributed by atoms with Crippen LogP contribution in [0.15, 0.2) is 47.4 Å². The minimum absolute atomic E-state index is 0.0228. The van der Waals surface area contributed by atoms with Crippen LogP contribution in [0, 0.1) is 5.82 Å². The van der Waals surface area contributed by atoms with E-state index in [9.17, 15) is 17.6 Å². The first-order valence-electron chi connectivity index (χ1n) is 5.78. The number of nitrogen functional groups attached to an aromatic ring is 1. The zero-order valence-electron chi connectivity index (χ0n) is 10.7. The number of sulfonamides is 1. The van der Waals surface area contributed by atoms with Gasteiger partial charge in [-0.05, 0) is 30.3 Å². The zero-order chi connectivity index (χ0) is 15.6. The molecule has 0 unspecified atom stereocenters. The molecular weight excluding hydrogens is 297 g/mol. The van der Waals surface area contributed by atoms with Crippen molar-refractivity contribution < 1.29 is 17.6 Å². The Bertz CT molecular complexity index is 806. The molecule has 110 valence electrons. The molecule has 2 rings (SSSR count). The number of carbonyl (C=O) groups is 1. The van der Waals surface area contributed by atoms with E-state index in [0.717, 1.165) is 12.1 Å². The fourth-order valence-electron chi connectivity index (χ4n) is 1.71. The predicted octanol–water partition coefficient (Wildman–Crippen LogP) is 1.31. The number of halogens is 1. The first-order valence-corrected chi connectivity index (χ1v) is 7.26. The maximum Gasteiger partial charge on any atom is 0.264 e. The van der Waals surface area contributed by atoms with E-state index < -0.39 is 26.6 Å². The van der Waals surface area contributed by atoms with Gasteiger partial charge < -0.3 is 11.5 Å². The third kappa shape index (κ3) is 3.11. The Morgan fingerprint density at radius 3 is 2.48 bits per heavy atom. The number of nitrogens with one attached hydrogen (secondary N) is 1. The third-order valence-corrected chi connectivity index (χ3v) is 4.06. The van der Waals surface area contributed by atoms with Gasteiger partial charge in [-0.2, -0.15) is 0 Å². The standard InChI is InChI=1S/C13H12FN3O3S/c14-10-6-5-8(15)7-12(10)21(19,20)17-11-4-2-1-3-9(11)13(16)18/h1-7,17H,15H2,(H2,16,18). The molecule has 0 fully saturated rings. The van der Waals surface area contributed by atoms with E-state index in [0.29, 0.717) is 0 Å². The summed E-state index contributed by atoms with van der Waals surface area (Å²) in [5.41, 5.74) is 10.7. The number of carbonyl (C=O) groups excluding carboxylic acids is 1. The highest BCUT2D eigenvalue weighted by Crippen LogP contribution is 2.23. The van der Waals surface area contributed by atoms with E-state index in [-0.39, 0.29) is 16.9 Å². The summed E-state index contributed by atoms with van der Waals surface area (Å²) in [6, 6.07) is 8.93. The van der Waals surface area contributed by atoms with E-state index >= 15 is 0 Å². The zero-order valence-corrected chi connectivity index (χ0v) is 11.5. The van der Waals surface area contributed by atoms with Gasteiger partial charge in [-0.25, -0.2) is 12.8 Å². The lowest BCUT2D eigenvalue weighted by Crippen LogP contribution is -2.19. The van der Waals surface area contributed by atoms with Gasteiger partial charge in [-0.1, -0.05) is 12.1 Å². The van der Waals surface area contributed by atoms with Crippen LogP contribution in [0.25, 0.3) is 0 Å². The molecule has 0 saturated heterocycles. The number of benzene rings is 2. The van der Waals surface area contributed by atoms with Gasteiger partial charge in [0.05, 0.1) is 11.3 Å². The highest BCUT2D eigenvalue weighted by Gasteiger charge is 2.21. The van der Waals surface area contributed by atoms with Gasteiger partial charge in [0, 0.05) is 5.69 Å². The lowest BCUT2D eigenvalue weighted by atomic mass is 10.2. The molecule has 0 aliphatic rings. The molecule has 5 N–H and O–H groups in total.